The van der Waals surface area contributed by atoms with Crippen molar-refractivity contribution in [3.63, 3.8) is 0 Å². The van der Waals surface area contributed by atoms with Crippen LogP contribution in [-0.4, -0.2) is 39.7 Å². The predicted octanol–water partition coefficient (Wildman–Crippen LogP) is 3.18. The second kappa shape index (κ2) is 7.62. The van der Waals surface area contributed by atoms with Crippen molar-refractivity contribution in [2.24, 2.45) is 7.05 Å². The summed E-state index contributed by atoms with van der Waals surface area (Å²) in [5.41, 5.74) is 2.75. The number of nitrogens with zero attached hydrogens (tertiary/aromatic N) is 3. The van der Waals surface area contributed by atoms with Gasteiger partial charge in [0.05, 0.1) is 17.5 Å². The summed E-state index contributed by atoms with van der Waals surface area (Å²) < 4.78 is 6.73. The number of hydrogen-bond acceptors (Lipinski definition) is 4. The van der Waals surface area contributed by atoms with Crippen LogP contribution >= 0.6 is 11.6 Å². The van der Waals surface area contributed by atoms with Crippen molar-refractivity contribution in [1.29, 1.82) is 0 Å². The molecule has 1 N–H and O–H groups in total. The number of carbonyl (C=O) groups is 1. The van der Waals surface area contributed by atoms with Gasteiger partial charge in [0, 0.05) is 38.3 Å². The number of piperidine rings is 1. The van der Waals surface area contributed by atoms with Gasteiger partial charge >= 0.3 is 0 Å². The zero-order valence-electron chi connectivity index (χ0n) is 15.0. The molecule has 1 amide bonds. The van der Waals surface area contributed by atoms with Gasteiger partial charge in [-0.1, -0.05) is 25.4 Å². The molecule has 0 saturated carbocycles. The van der Waals surface area contributed by atoms with Gasteiger partial charge in [0.15, 0.2) is 0 Å². The Morgan fingerprint density at radius 3 is 2.76 bits per heavy atom. The third-order valence-electron chi connectivity index (χ3n) is 4.76. The number of likely N-dealkylation sites (tertiary alicyclic amines) is 1. The van der Waals surface area contributed by atoms with Gasteiger partial charge in [-0.25, -0.2) is 0 Å². The summed E-state index contributed by atoms with van der Waals surface area (Å²) in [5, 5.41) is 8.81. The van der Waals surface area contributed by atoms with Gasteiger partial charge in [0.1, 0.15) is 11.4 Å². The van der Waals surface area contributed by atoms with Gasteiger partial charge in [-0.2, -0.15) is 5.10 Å². The molecule has 7 heteroatoms. The molecule has 0 aliphatic carbocycles. The Balaban J connectivity index is 1.54. The molecule has 0 radical (unpaired) electrons. The molecule has 3 rings (SSSR count). The Bertz CT molecular complexity index is 716. The topological polar surface area (TPSA) is 63.3 Å². The minimum absolute atomic E-state index is 0.0459. The Kier molecular flexibility index (Phi) is 5.49. The second-order valence-corrected chi connectivity index (χ2v) is 7.25. The number of rotatable bonds is 5. The third-order valence-corrected chi connectivity index (χ3v) is 5.24. The predicted molar refractivity (Wildman–Crippen MR) is 96.8 cm³/mol. The highest BCUT2D eigenvalue weighted by Crippen LogP contribution is 2.25. The lowest BCUT2D eigenvalue weighted by Gasteiger charge is -2.32. The Labute approximate surface area is 153 Å². The van der Waals surface area contributed by atoms with Gasteiger partial charge in [0.2, 0.25) is 0 Å². The molecule has 1 fully saturated rings. The maximum Gasteiger partial charge on any atom is 0.257 e. The van der Waals surface area contributed by atoms with E-state index in [0.29, 0.717) is 29.2 Å². The maximum atomic E-state index is 12.3. The van der Waals surface area contributed by atoms with Gasteiger partial charge < -0.3 is 14.6 Å². The lowest BCUT2D eigenvalue weighted by molar-refractivity contribution is 0.0704. The number of nitrogens with one attached hydrogen (secondary N) is 1. The van der Waals surface area contributed by atoms with E-state index in [4.69, 9.17) is 16.0 Å². The van der Waals surface area contributed by atoms with Crippen LogP contribution in [0.5, 0.6) is 0 Å². The number of carbonyl (C=O) groups excluding carboxylic acids is 1. The second-order valence-electron chi connectivity index (χ2n) is 6.89. The van der Waals surface area contributed by atoms with Crippen molar-refractivity contribution in [1.82, 2.24) is 20.0 Å². The molecule has 2 aromatic rings. The number of hydrogen-bond donors (Lipinski definition) is 1. The van der Waals surface area contributed by atoms with E-state index in [0.717, 1.165) is 37.2 Å². The number of amides is 1. The summed E-state index contributed by atoms with van der Waals surface area (Å²) in [7, 11) is 1.87. The minimum atomic E-state index is 0.0459. The maximum absolute atomic E-state index is 12.3. The molecule has 136 valence electrons. The van der Waals surface area contributed by atoms with E-state index >= 15 is 0 Å². The van der Waals surface area contributed by atoms with E-state index < -0.39 is 0 Å². The summed E-state index contributed by atoms with van der Waals surface area (Å²) in [4.78, 5) is 14.2. The summed E-state index contributed by atoms with van der Waals surface area (Å²) in [6.45, 7) is 6.46. The lowest BCUT2D eigenvalue weighted by Crippen LogP contribution is -2.44. The first kappa shape index (κ1) is 18.0. The Hall–Kier alpha value is -1.79. The summed E-state index contributed by atoms with van der Waals surface area (Å²) in [5.74, 6) is 0.384. The van der Waals surface area contributed by atoms with Gasteiger partial charge in [0.25, 0.3) is 5.91 Å². The first-order chi connectivity index (χ1) is 12.0. The monoisotopic (exact) mass is 364 g/mol. The SMILES string of the molecule is CC(C)c1nn(C)c(Cl)c1CNC1CCN(C(=O)c2ccoc2)CC1. The van der Waals surface area contributed by atoms with E-state index in [-0.39, 0.29) is 5.91 Å². The van der Waals surface area contributed by atoms with Crippen LogP contribution in [0.2, 0.25) is 5.15 Å². The fourth-order valence-electron chi connectivity index (χ4n) is 3.30. The largest absolute Gasteiger partial charge is 0.472 e. The van der Waals surface area contributed by atoms with E-state index in [9.17, 15) is 4.79 Å². The van der Waals surface area contributed by atoms with Crippen LogP contribution in [0.3, 0.4) is 0 Å². The summed E-state index contributed by atoms with van der Waals surface area (Å²) >= 11 is 6.40. The fourth-order valence-corrected chi connectivity index (χ4v) is 3.50. The van der Waals surface area contributed by atoms with E-state index in [2.05, 4.69) is 24.3 Å². The number of aryl methyl sites for hydroxylation is 1. The van der Waals surface area contributed by atoms with Crippen LogP contribution in [0.15, 0.2) is 23.0 Å². The van der Waals surface area contributed by atoms with Crippen molar-refractivity contribution in [2.75, 3.05) is 13.1 Å². The van der Waals surface area contributed by atoms with Crippen molar-refractivity contribution in [3.05, 3.63) is 40.6 Å². The van der Waals surface area contributed by atoms with E-state index in [1.807, 2.05) is 11.9 Å². The van der Waals surface area contributed by atoms with Crippen LogP contribution in [0.4, 0.5) is 0 Å². The van der Waals surface area contributed by atoms with Crippen LogP contribution in [-0.2, 0) is 13.6 Å². The molecule has 0 unspecified atom stereocenters. The molecule has 0 atom stereocenters. The minimum Gasteiger partial charge on any atom is -0.472 e. The molecule has 0 spiro atoms. The first-order valence-corrected chi connectivity index (χ1v) is 9.11. The molecular weight excluding hydrogens is 340 g/mol. The molecule has 1 saturated heterocycles. The molecule has 2 aromatic heterocycles. The standard InChI is InChI=1S/C18H25ClN4O2/c1-12(2)16-15(17(19)22(3)21-16)10-20-14-4-7-23(8-5-14)18(24)13-6-9-25-11-13/h6,9,11-12,14,20H,4-5,7-8,10H2,1-3H3. The number of aromatic nitrogens is 2. The molecule has 0 bridgehead atoms. The fraction of sp³-hybridized carbons (Fsp3) is 0.556. The van der Waals surface area contributed by atoms with Crippen LogP contribution in [0.25, 0.3) is 0 Å². The van der Waals surface area contributed by atoms with Crippen molar-refractivity contribution in [3.8, 4) is 0 Å². The first-order valence-electron chi connectivity index (χ1n) is 8.73. The Morgan fingerprint density at radius 1 is 1.44 bits per heavy atom. The molecular formula is C18H25ClN4O2. The van der Waals surface area contributed by atoms with Crippen molar-refractivity contribution >= 4 is 17.5 Å². The highest BCUT2D eigenvalue weighted by molar-refractivity contribution is 6.30. The quantitative estimate of drug-likeness (QED) is 0.885. The van der Waals surface area contributed by atoms with Gasteiger partial charge in [-0.05, 0) is 24.8 Å². The van der Waals surface area contributed by atoms with E-state index in [1.54, 1.807) is 10.7 Å². The van der Waals surface area contributed by atoms with E-state index in [1.165, 1.54) is 12.5 Å². The molecule has 1 aliphatic rings. The molecule has 6 nitrogen and oxygen atoms in total. The van der Waals surface area contributed by atoms with Gasteiger partial charge in [-0.15, -0.1) is 0 Å². The van der Waals surface area contributed by atoms with Gasteiger partial charge in [-0.3, -0.25) is 9.48 Å². The zero-order chi connectivity index (χ0) is 18.0. The average molecular weight is 365 g/mol. The summed E-state index contributed by atoms with van der Waals surface area (Å²) in [6.07, 6.45) is 4.90. The van der Waals surface area contributed by atoms with Crippen LogP contribution in [0.1, 0.15) is 54.2 Å². The Morgan fingerprint density at radius 2 is 2.16 bits per heavy atom. The molecule has 1 aliphatic heterocycles. The lowest BCUT2D eigenvalue weighted by atomic mass is 10.0. The summed E-state index contributed by atoms with van der Waals surface area (Å²) in [6, 6.07) is 2.09. The van der Waals surface area contributed by atoms with Crippen LogP contribution < -0.4 is 5.32 Å². The van der Waals surface area contributed by atoms with Crippen molar-refractivity contribution in [2.45, 2.75) is 45.2 Å². The van der Waals surface area contributed by atoms with Crippen molar-refractivity contribution < 1.29 is 9.21 Å². The third kappa shape index (κ3) is 3.90. The molecule has 3 heterocycles. The normalized spacial score (nSPS) is 16.0. The number of furan rings is 1. The highest BCUT2D eigenvalue weighted by atomic mass is 35.5. The molecule has 25 heavy (non-hydrogen) atoms. The average Bonchev–Trinajstić information content (AvgIpc) is 3.23. The van der Waals surface area contributed by atoms with Crippen LogP contribution in [0, 0.1) is 0 Å². The number of halogens is 1. The zero-order valence-corrected chi connectivity index (χ0v) is 15.7. The molecule has 0 aromatic carbocycles. The smallest absolute Gasteiger partial charge is 0.257 e. The highest BCUT2D eigenvalue weighted by Gasteiger charge is 2.25.